The average molecular weight is 501 g/mol. The summed E-state index contributed by atoms with van der Waals surface area (Å²) in [7, 11) is 0. The summed E-state index contributed by atoms with van der Waals surface area (Å²) in [5.74, 6) is -4.19. The molecule has 1 atom stereocenters. The van der Waals surface area contributed by atoms with E-state index in [4.69, 9.17) is 0 Å². The van der Waals surface area contributed by atoms with E-state index in [1.165, 1.54) is 24.4 Å². The summed E-state index contributed by atoms with van der Waals surface area (Å²) in [6.07, 6.45) is -1.25. The summed E-state index contributed by atoms with van der Waals surface area (Å²) >= 11 is 0. The number of benzene rings is 2. The van der Waals surface area contributed by atoms with Crippen LogP contribution in [0.3, 0.4) is 0 Å². The van der Waals surface area contributed by atoms with Crippen molar-refractivity contribution in [3.8, 4) is 16.8 Å². The van der Waals surface area contributed by atoms with Gasteiger partial charge in [-0.05, 0) is 49.4 Å². The predicted octanol–water partition coefficient (Wildman–Crippen LogP) is 5.67. The zero-order chi connectivity index (χ0) is 25.6. The molecule has 1 aliphatic carbocycles. The molecule has 1 saturated carbocycles. The average Bonchev–Trinajstić information content (AvgIpc) is 3.60. The molecule has 10 heteroatoms. The zero-order valence-corrected chi connectivity index (χ0v) is 19.1. The molecule has 0 radical (unpaired) electrons. The summed E-state index contributed by atoms with van der Waals surface area (Å²) in [5, 5.41) is 13.8. The molecule has 188 valence electrons. The van der Waals surface area contributed by atoms with Crippen LogP contribution in [0.5, 0.6) is 0 Å². The second kappa shape index (κ2) is 9.07. The lowest BCUT2D eigenvalue weighted by molar-refractivity contribution is -0.184. The first kappa shape index (κ1) is 24.0. The number of hydrogen-bond donors (Lipinski definition) is 1. The number of amides is 1. The number of hydrogen-bond acceptors (Lipinski definition) is 3. The number of carboxylic acid groups (broad SMARTS) is 1. The first-order chi connectivity index (χ1) is 17.1. The lowest BCUT2D eigenvalue weighted by atomic mass is 9.96. The van der Waals surface area contributed by atoms with Crippen molar-refractivity contribution in [1.82, 2.24) is 14.7 Å². The maximum absolute atomic E-state index is 15.6. The van der Waals surface area contributed by atoms with Crippen molar-refractivity contribution >= 4 is 11.9 Å². The van der Waals surface area contributed by atoms with Crippen molar-refractivity contribution in [1.29, 1.82) is 0 Å². The molecule has 0 bridgehead atoms. The lowest BCUT2D eigenvalue weighted by Gasteiger charge is -2.33. The van der Waals surface area contributed by atoms with Crippen LogP contribution >= 0.6 is 0 Å². The Labute approximate surface area is 204 Å². The van der Waals surface area contributed by atoms with Crippen molar-refractivity contribution in [3.63, 3.8) is 0 Å². The molecule has 2 aromatic carbocycles. The van der Waals surface area contributed by atoms with E-state index in [9.17, 15) is 27.9 Å². The SMILES string of the molecule is O=C(O)c1cnn(-c2cccc(-c3cccc(C(=O)N4CCCC(C(F)(F)F)C4)c3F)c2)c1C1CC1. The number of carboxylic acids is 1. The monoisotopic (exact) mass is 501 g/mol. The van der Waals surface area contributed by atoms with Crippen LogP contribution < -0.4 is 0 Å². The molecule has 1 unspecified atom stereocenters. The Kier molecular flexibility index (Phi) is 6.05. The minimum atomic E-state index is -4.41. The molecule has 36 heavy (non-hydrogen) atoms. The Hall–Kier alpha value is -3.69. The highest BCUT2D eigenvalue weighted by molar-refractivity contribution is 5.96. The van der Waals surface area contributed by atoms with E-state index in [0.717, 1.165) is 17.7 Å². The van der Waals surface area contributed by atoms with Crippen molar-refractivity contribution in [2.24, 2.45) is 5.92 Å². The second-order valence-corrected chi connectivity index (χ2v) is 9.28. The van der Waals surface area contributed by atoms with Crippen molar-refractivity contribution in [3.05, 3.63) is 71.3 Å². The summed E-state index contributed by atoms with van der Waals surface area (Å²) in [6, 6.07) is 11.0. The second-order valence-electron chi connectivity index (χ2n) is 9.28. The van der Waals surface area contributed by atoms with Gasteiger partial charge in [0, 0.05) is 24.6 Å². The van der Waals surface area contributed by atoms with Gasteiger partial charge in [-0.15, -0.1) is 0 Å². The highest BCUT2D eigenvalue weighted by Crippen LogP contribution is 2.43. The van der Waals surface area contributed by atoms with E-state index in [1.807, 2.05) is 0 Å². The van der Waals surface area contributed by atoms with Crippen LogP contribution in [0.2, 0.25) is 0 Å². The normalized spacial score (nSPS) is 18.3. The van der Waals surface area contributed by atoms with Crippen LogP contribution in [-0.4, -0.2) is 50.9 Å². The van der Waals surface area contributed by atoms with E-state index in [-0.39, 0.29) is 42.0 Å². The van der Waals surface area contributed by atoms with Crippen molar-refractivity contribution in [2.45, 2.75) is 37.8 Å². The van der Waals surface area contributed by atoms with Crippen LogP contribution in [0.4, 0.5) is 17.6 Å². The maximum atomic E-state index is 15.6. The molecule has 0 spiro atoms. The zero-order valence-electron chi connectivity index (χ0n) is 19.1. The molecule has 1 aliphatic heterocycles. The largest absolute Gasteiger partial charge is 0.478 e. The number of nitrogens with zero attached hydrogens (tertiary/aromatic N) is 3. The molecule has 2 fully saturated rings. The quantitative estimate of drug-likeness (QED) is 0.458. The third kappa shape index (κ3) is 4.47. The third-order valence-corrected chi connectivity index (χ3v) is 6.80. The maximum Gasteiger partial charge on any atom is 0.393 e. The fraction of sp³-hybridized carbons (Fsp3) is 0.346. The van der Waals surface area contributed by atoms with Gasteiger partial charge in [-0.1, -0.05) is 24.3 Å². The van der Waals surface area contributed by atoms with Gasteiger partial charge >= 0.3 is 12.1 Å². The van der Waals surface area contributed by atoms with Gasteiger partial charge in [0.1, 0.15) is 11.4 Å². The van der Waals surface area contributed by atoms with Gasteiger partial charge in [0.25, 0.3) is 5.91 Å². The molecule has 3 aromatic rings. The van der Waals surface area contributed by atoms with Crippen molar-refractivity contribution in [2.75, 3.05) is 13.1 Å². The minimum Gasteiger partial charge on any atom is -0.478 e. The topological polar surface area (TPSA) is 75.4 Å². The van der Waals surface area contributed by atoms with E-state index < -0.39 is 36.3 Å². The molecule has 5 rings (SSSR count). The van der Waals surface area contributed by atoms with Gasteiger partial charge in [-0.2, -0.15) is 18.3 Å². The minimum absolute atomic E-state index is 0.0531. The predicted molar refractivity (Wildman–Crippen MR) is 123 cm³/mol. The number of carbonyl (C=O) groups excluding carboxylic acids is 1. The molecule has 1 saturated heterocycles. The fourth-order valence-corrected chi connectivity index (χ4v) is 4.80. The highest BCUT2D eigenvalue weighted by atomic mass is 19.4. The Morgan fingerprint density at radius 2 is 1.78 bits per heavy atom. The number of likely N-dealkylation sites (tertiary alicyclic amines) is 1. The van der Waals surface area contributed by atoms with Gasteiger partial charge in [-0.3, -0.25) is 4.79 Å². The smallest absolute Gasteiger partial charge is 0.393 e. The van der Waals surface area contributed by atoms with Gasteiger partial charge in [-0.25, -0.2) is 13.9 Å². The van der Waals surface area contributed by atoms with Gasteiger partial charge < -0.3 is 10.0 Å². The number of piperidine rings is 1. The lowest BCUT2D eigenvalue weighted by Crippen LogP contribution is -2.44. The molecular formula is C26H23F4N3O3. The number of alkyl halides is 3. The Bertz CT molecular complexity index is 1330. The van der Waals surface area contributed by atoms with E-state index in [1.54, 1.807) is 28.9 Å². The molecule has 1 N–H and O–H groups in total. The Balaban J connectivity index is 1.47. The number of rotatable bonds is 5. The Morgan fingerprint density at radius 1 is 1.03 bits per heavy atom. The van der Waals surface area contributed by atoms with E-state index in [0.29, 0.717) is 16.9 Å². The number of carbonyl (C=O) groups is 2. The van der Waals surface area contributed by atoms with Gasteiger partial charge in [0.2, 0.25) is 0 Å². The number of aromatic nitrogens is 2. The summed E-state index contributed by atoms with van der Waals surface area (Å²) < 4.78 is 56.7. The summed E-state index contributed by atoms with van der Waals surface area (Å²) in [4.78, 5) is 25.7. The third-order valence-electron chi connectivity index (χ3n) is 6.80. The summed E-state index contributed by atoms with van der Waals surface area (Å²) in [5.41, 5.74) is 1.52. The van der Waals surface area contributed by atoms with Crippen LogP contribution in [0.25, 0.3) is 16.8 Å². The Morgan fingerprint density at radius 3 is 2.47 bits per heavy atom. The molecular weight excluding hydrogens is 478 g/mol. The van der Waals surface area contributed by atoms with Crippen molar-refractivity contribution < 1.29 is 32.3 Å². The first-order valence-corrected chi connectivity index (χ1v) is 11.7. The van der Waals surface area contributed by atoms with E-state index >= 15 is 4.39 Å². The molecule has 6 nitrogen and oxygen atoms in total. The fourth-order valence-electron chi connectivity index (χ4n) is 4.80. The van der Waals surface area contributed by atoms with E-state index in [2.05, 4.69) is 5.10 Å². The number of halogens is 4. The van der Waals surface area contributed by atoms with Crippen LogP contribution in [0.15, 0.2) is 48.7 Å². The van der Waals surface area contributed by atoms with Gasteiger partial charge in [0.15, 0.2) is 0 Å². The standard InChI is InChI=1S/C26H23F4N3O3/c27-22-19(7-2-8-20(22)24(34)32-11-3-5-17(14-32)26(28,29)30)16-4-1-6-18(12-16)33-23(15-9-10-15)21(13-31-33)25(35)36/h1-2,4,6-8,12-13,15,17H,3,5,9-11,14H2,(H,35,36). The van der Waals surface area contributed by atoms with Gasteiger partial charge in [0.05, 0.1) is 29.1 Å². The van der Waals surface area contributed by atoms with Crippen LogP contribution in [0.1, 0.15) is 58.0 Å². The molecule has 2 heterocycles. The molecule has 1 aromatic heterocycles. The highest BCUT2D eigenvalue weighted by Gasteiger charge is 2.43. The molecule has 1 amide bonds. The molecule has 2 aliphatic rings. The number of aromatic carboxylic acids is 1. The van der Waals surface area contributed by atoms with Crippen LogP contribution in [-0.2, 0) is 0 Å². The van der Waals surface area contributed by atoms with Crippen LogP contribution in [0, 0.1) is 11.7 Å². The first-order valence-electron chi connectivity index (χ1n) is 11.7. The summed E-state index contributed by atoms with van der Waals surface area (Å²) in [6.45, 7) is -0.351.